The van der Waals surface area contributed by atoms with Crippen molar-refractivity contribution in [3.8, 4) is 22.8 Å². The number of nitrogen functional groups attached to an aromatic ring is 1. The summed E-state index contributed by atoms with van der Waals surface area (Å²) >= 11 is 7.90. The summed E-state index contributed by atoms with van der Waals surface area (Å²) < 4.78 is 10.8. The highest BCUT2D eigenvalue weighted by Crippen LogP contribution is 2.42. The second-order valence-corrected chi connectivity index (χ2v) is 8.08. The van der Waals surface area contributed by atoms with E-state index in [1.54, 1.807) is 31.6 Å². The molecule has 25 heavy (non-hydrogen) atoms. The first-order chi connectivity index (χ1) is 12.1. The average Bonchev–Trinajstić information content (AvgIpc) is 3.01. The fourth-order valence-corrected chi connectivity index (χ4v) is 4.71. The molecule has 1 saturated carbocycles. The summed E-state index contributed by atoms with van der Waals surface area (Å²) in [6.07, 6.45) is 9.01. The van der Waals surface area contributed by atoms with Crippen molar-refractivity contribution in [1.82, 2.24) is 4.98 Å². The molecule has 0 saturated heterocycles. The number of nitrogens with zero attached hydrogens (tertiary/aromatic N) is 1. The minimum absolute atomic E-state index is 0.545. The number of benzene rings is 1. The van der Waals surface area contributed by atoms with Crippen LogP contribution in [-0.4, -0.2) is 19.2 Å². The lowest BCUT2D eigenvalue weighted by atomic mass is 9.86. The molecular formula is C19H25ClN2O2S. The van der Waals surface area contributed by atoms with Crippen molar-refractivity contribution in [2.75, 3.05) is 20.0 Å². The van der Waals surface area contributed by atoms with Gasteiger partial charge in [-0.3, -0.25) is 0 Å². The second kappa shape index (κ2) is 8.28. The highest BCUT2D eigenvalue weighted by molar-refractivity contribution is 7.15. The van der Waals surface area contributed by atoms with Gasteiger partial charge >= 0.3 is 0 Å². The third kappa shape index (κ3) is 4.21. The number of hydrogen-bond donors (Lipinski definition) is 1. The molecule has 0 amide bonds. The van der Waals surface area contributed by atoms with Crippen LogP contribution in [0.3, 0.4) is 0 Å². The molecule has 136 valence electrons. The van der Waals surface area contributed by atoms with E-state index >= 15 is 0 Å². The molecule has 1 aromatic heterocycles. The van der Waals surface area contributed by atoms with Gasteiger partial charge in [0, 0.05) is 16.5 Å². The van der Waals surface area contributed by atoms with Crippen LogP contribution in [0.5, 0.6) is 11.5 Å². The SMILES string of the molecule is COc1cc(OC)c(-c2nc(N)sc2CCC2CCCCC2)cc1Cl. The molecule has 0 radical (unpaired) electrons. The first kappa shape index (κ1) is 18.3. The van der Waals surface area contributed by atoms with Crippen LogP contribution in [0.4, 0.5) is 5.13 Å². The summed E-state index contributed by atoms with van der Waals surface area (Å²) in [5.74, 6) is 2.12. The Balaban J connectivity index is 1.88. The zero-order chi connectivity index (χ0) is 17.8. The first-order valence-electron chi connectivity index (χ1n) is 8.79. The molecule has 1 aliphatic carbocycles. The third-order valence-corrected chi connectivity index (χ3v) is 6.19. The van der Waals surface area contributed by atoms with Gasteiger partial charge in [0.2, 0.25) is 0 Å². The number of halogens is 1. The first-order valence-corrected chi connectivity index (χ1v) is 9.99. The van der Waals surface area contributed by atoms with E-state index in [1.807, 2.05) is 6.07 Å². The number of methoxy groups -OCH3 is 2. The van der Waals surface area contributed by atoms with E-state index in [-0.39, 0.29) is 0 Å². The van der Waals surface area contributed by atoms with Crippen LogP contribution in [0.25, 0.3) is 11.3 Å². The van der Waals surface area contributed by atoms with Crippen LogP contribution in [0.1, 0.15) is 43.4 Å². The Morgan fingerprint density at radius 1 is 1.16 bits per heavy atom. The highest BCUT2D eigenvalue weighted by Gasteiger charge is 2.20. The Hall–Kier alpha value is -1.46. The monoisotopic (exact) mass is 380 g/mol. The maximum atomic E-state index is 6.33. The van der Waals surface area contributed by atoms with Crippen molar-refractivity contribution in [1.29, 1.82) is 0 Å². The molecule has 0 atom stereocenters. The van der Waals surface area contributed by atoms with E-state index in [2.05, 4.69) is 4.98 Å². The molecule has 1 aromatic carbocycles. The van der Waals surface area contributed by atoms with E-state index < -0.39 is 0 Å². The Morgan fingerprint density at radius 2 is 1.88 bits per heavy atom. The smallest absolute Gasteiger partial charge is 0.180 e. The lowest BCUT2D eigenvalue weighted by molar-refractivity contribution is 0.340. The van der Waals surface area contributed by atoms with Crippen LogP contribution in [0.2, 0.25) is 5.02 Å². The van der Waals surface area contributed by atoms with Gasteiger partial charge in [0.25, 0.3) is 0 Å². The van der Waals surface area contributed by atoms with Crippen LogP contribution < -0.4 is 15.2 Å². The van der Waals surface area contributed by atoms with Crippen molar-refractivity contribution in [2.45, 2.75) is 44.9 Å². The molecular weight excluding hydrogens is 356 g/mol. The lowest BCUT2D eigenvalue weighted by Crippen LogP contribution is -2.07. The zero-order valence-corrected chi connectivity index (χ0v) is 16.4. The van der Waals surface area contributed by atoms with E-state index in [1.165, 1.54) is 43.4 Å². The highest BCUT2D eigenvalue weighted by atomic mass is 35.5. The quantitative estimate of drug-likeness (QED) is 0.711. The standard InChI is InChI=1S/C19H25ClN2O2S/c1-23-15-11-16(24-2)14(20)10-13(15)18-17(25-19(21)22-18)9-8-12-6-4-3-5-7-12/h10-12H,3-9H2,1-2H3,(H2,21,22). The van der Waals surface area contributed by atoms with Crippen molar-refractivity contribution in [2.24, 2.45) is 5.92 Å². The van der Waals surface area contributed by atoms with Crippen molar-refractivity contribution >= 4 is 28.1 Å². The molecule has 0 aliphatic heterocycles. The number of thiazole rings is 1. The zero-order valence-electron chi connectivity index (χ0n) is 14.8. The van der Waals surface area contributed by atoms with E-state index in [0.717, 1.165) is 23.6 Å². The Labute approximate surface area is 158 Å². The molecule has 1 aliphatic rings. The predicted molar refractivity (Wildman–Crippen MR) is 105 cm³/mol. The maximum absolute atomic E-state index is 6.33. The number of ether oxygens (including phenoxy) is 2. The number of hydrogen-bond acceptors (Lipinski definition) is 5. The summed E-state index contributed by atoms with van der Waals surface area (Å²) in [7, 11) is 3.24. The van der Waals surface area contributed by atoms with Gasteiger partial charge in [-0.25, -0.2) is 4.98 Å². The summed E-state index contributed by atoms with van der Waals surface area (Å²) in [6.45, 7) is 0. The van der Waals surface area contributed by atoms with E-state index in [0.29, 0.717) is 21.7 Å². The topological polar surface area (TPSA) is 57.4 Å². The van der Waals surface area contributed by atoms with Crippen LogP contribution in [0.15, 0.2) is 12.1 Å². The number of aryl methyl sites for hydroxylation is 1. The van der Waals surface area contributed by atoms with Gasteiger partial charge in [0.05, 0.1) is 24.9 Å². The van der Waals surface area contributed by atoms with Crippen LogP contribution in [-0.2, 0) is 6.42 Å². The van der Waals surface area contributed by atoms with Gasteiger partial charge in [-0.15, -0.1) is 11.3 Å². The van der Waals surface area contributed by atoms with Gasteiger partial charge < -0.3 is 15.2 Å². The predicted octanol–water partition coefficient (Wildman–Crippen LogP) is 5.58. The second-order valence-electron chi connectivity index (χ2n) is 6.55. The molecule has 0 spiro atoms. The van der Waals surface area contributed by atoms with Gasteiger partial charge in [0.15, 0.2) is 5.13 Å². The Kier molecular flexibility index (Phi) is 6.07. The summed E-state index contributed by atoms with van der Waals surface area (Å²) in [5.41, 5.74) is 7.78. The minimum Gasteiger partial charge on any atom is -0.496 e. The van der Waals surface area contributed by atoms with Gasteiger partial charge in [0.1, 0.15) is 11.5 Å². The van der Waals surface area contributed by atoms with Crippen LogP contribution >= 0.6 is 22.9 Å². The number of anilines is 1. The van der Waals surface area contributed by atoms with E-state index in [4.69, 9.17) is 26.8 Å². The van der Waals surface area contributed by atoms with Gasteiger partial charge in [-0.1, -0.05) is 43.7 Å². The molecule has 2 N–H and O–H groups in total. The molecule has 6 heteroatoms. The van der Waals surface area contributed by atoms with Crippen molar-refractivity contribution in [3.63, 3.8) is 0 Å². The summed E-state index contributed by atoms with van der Waals surface area (Å²) in [6, 6.07) is 3.66. The maximum Gasteiger partial charge on any atom is 0.180 e. The molecule has 0 bridgehead atoms. The van der Waals surface area contributed by atoms with Crippen molar-refractivity contribution < 1.29 is 9.47 Å². The van der Waals surface area contributed by atoms with Gasteiger partial charge in [-0.2, -0.15) is 0 Å². The molecule has 0 unspecified atom stereocenters. The Morgan fingerprint density at radius 3 is 2.56 bits per heavy atom. The largest absolute Gasteiger partial charge is 0.496 e. The van der Waals surface area contributed by atoms with E-state index in [9.17, 15) is 0 Å². The fourth-order valence-electron chi connectivity index (χ4n) is 3.61. The molecule has 1 heterocycles. The summed E-state index contributed by atoms with van der Waals surface area (Å²) in [4.78, 5) is 5.78. The molecule has 3 rings (SSSR count). The Bertz CT molecular complexity index is 726. The third-order valence-electron chi connectivity index (χ3n) is 4.95. The lowest BCUT2D eigenvalue weighted by Gasteiger charge is -2.21. The van der Waals surface area contributed by atoms with Crippen LogP contribution in [0, 0.1) is 5.92 Å². The fraction of sp³-hybridized carbons (Fsp3) is 0.526. The normalized spacial score (nSPS) is 15.3. The molecule has 1 fully saturated rings. The number of nitrogens with two attached hydrogens (primary N) is 1. The minimum atomic E-state index is 0.545. The summed E-state index contributed by atoms with van der Waals surface area (Å²) in [5, 5.41) is 1.13. The molecule has 4 nitrogen and oxygen atoms in total. The van der Waals surface area contributed by atoms with Crippen molar-refractivity contribution in [3.05, 3.63) is 22.0 Å². The number of rotatable bonds is 6. The number of aromatic nitrogens is 1. The average molecular weight is 381 g/mol. The molecule has 2 aromatic rings. The van der Waals surface area contributed by atoms with Gasteiger partial charge in [-0.05, 0) is 24.8 Å².